The summed E-state index contributed by atoms with van der Waals surface area (Å²) >= 11 is 0. The van der Waals surface area contributed by atoms with Crippen molar-refractivity contribution in [2.45, 2.75) is 6.61 Å². The van der Waals surface area contributed by atoms with E-state index in [0.717, 1.165) is 17.7 Å². The smallest absolute Gasteiger partial charge is 0.271 e. The second kappa shape index (κ2) is 9.12. The number of aromatic hydroxyl groups is 3. The fourth-order valence-electron chi connectivity index (χ4n) is 2.53. The van der Waals surface area contributed by atoms with E-state index in [0.29, 0.717) is 16.9 Å². The van der Waals surface area contributed by atoms with E-state index < -0.39 is 23.2 Å². The highest BCUT2D eigenvalue weighted by molar-refractivity contribution is 5.96. The predicted molar refractivity (Wildman–Crippen MR) is 108 cm³/mol. The van der Waals surface area contributed by atoms with E-state index in [1.165, 1.54) is 6.21 Å². The van der Waals surface area contributed by atoms with Crippen LogP contribution in [-0.4, -0.2) is 27.4 Å². The number of nitriles is 1. The van der Waals surface area contributed by atoms with Gasteiger partial charge in [0.05, 0.1) is 17.8 Å². The number of hydrazone groups is 1. The number of nitrogens with zero attached hydrogens (tertiary/aromatic N) is 2. The lowest BCUT2D eigenvalue weighted by Gasteiger charge is -2.07. The van der Waals surface area contributed by atoms with Crippen molar-refractivity contribution in [3.05, 3.63) is 82.9 Å². The molecule has 0 aliphatic rings. The van der Waals surface area contributed by atoms with Gasteiger partial charge in [0.1, 0.15) is 12.4 Å². The number of amides is 1. The van der Waals surface area contributed by atoms with E-state index in [9.17, 15) is 20.1 Å². The molecule has 30 heavy (non-hydrogen) atoms. The molecule has 3 rings (SSSR count). The summed E-state index contributed by atoms with van der Waals surface area (Å²) in [4.78, 5) is 12.0. The third-order valence-electron chi connectivity index (χ3n) is 4.12. The number of benzene rings is 3. The number of rotatable bonds is 6. The SMILES string of the molecule is N#Cc1ccccc1COc1ccc(/C=N/NC(=O)c2cc(O)c(O)c(O)c2)cc1. The zero-order valence-corrected chi connectivity index (χ0v) is 15.6. The van der Waals surface area contributed by atoms with Crippen molar-refractivity contribution in [2.24, 2.45) is 5.10 Å². The molecule has 0 bridgehead atoms. The van der Waals surface area contributed by atoms with Crippen molar-refractivity contribution < 1.29 is 24.9 Å². The van der Waals surface area contributed by atoms with Crippen LogP contribution in [0.25, 0.3) is 0 Å². The lowest BCUT2D eigenvalue weighted by atomic mass is 10.1. The third-order valence-corrected chi connectivity index (χ3v) is 4.12. The summed E-state index contributed by atoms with van der Waals surface area (Å²) in [6.45, 7) is 0.263. The first-order valence-corrected chi connectivity index (χ1v) is 8.77. The molecule has 0 unspecified atom stereocenters. The molecular formula is C22H17N3O5. The normalized spacial score (nSPS) is 10.5. The molecule has 8 heteroatoms. The van der Waals surface area contributed by atoms with E-state index >= 15 is 0 Å². The van der Waals surface area contributed by atoms with Gasteiger partial charge in [-0.2, -0.15) is 10.4 Å². The van der Waals surface area contributed by atoms with Crippen molar-refractivity contribution in [1.29, 1.82) is 5.26 Å². The minimum Gasteiger partial charge on any atom is -0.504 e. The van der Waals surface area contributed by atoms with Crippen molar-refractivity contribution in [2.75, 3.05) is 0 Å². The highest BCUT2D eigenvalue weighted by atomic mass is 16.5. The number of hydrogen-bond donors (Lipinski definition) is 4. The highest BCUT2D eigenvalue weighted by Crippen LogP contribution is 2.35. The van der Waals surface area contributed by atoms with E-state index in [1.807, 2.05) is 12.1 Å². The Morgan fingerprint density at radius 1 is 1.07 bits per heavy atom. The zero-order valence-electron chi connectivity index (χ0n) is 15.6. The van der Waals surface area contributed by atoms with Gasteiger partial charge in [0.15, 0.2) is 17.2 Å². The van der Waals surface area contributed by atoms with Gasteiger partial charge in [-0.1, -0.05) is 18.2 Å². The summed E-state index contributed by atoms with van der Waals surface area (Å²) < 4.78 is 5.69. The number of ether oxygens (including phenoxy) is 1. The molecule has 0 spiro atoms. The second-order valence-corrected chi connectivity index (χ2v) is 6.19. The molecule has 0 atom stereocenters. The minimum absolute atomic E-state index is 0.0682. The Balaban J connectivity index is 1.57. The Labute approximate surface area is 171 Å². The summed E-state index contributed by atoms with van der Waals surface area (Å²) in [5, 5.41) is 41.1. The maximum atomic E-state index is 12.0. The van der Waals surface area contributed by atoms with Gasteiger partial charge in [0.2, 0.25) is 0 Å². The predicted octanol–water partition coefficient (Wildman–Crippen LogP) is 3.02. The van der Waals surface area contributed by atoms with Crippen molar-refractivity contribution >= 4 is 12.1 Å². The van der Waals surface area contributed by atoms with Gasteiger partial charge in [0, 0.05) is 11.1 Å². The minimum atomic E-state index is -0.700. The largest absolute Gasteiger partial charge is 0.504 e. The third kappa shape index (κ3) is 4.85. The summed E-state index contributed by atoms with van der Waals surface area (Å²) in [6, 6.07) is 18.3. The average molecular weight is 403 g/mol. The monoisotopic (exact) mass is 403 g/mol. The number of hydrogen-bond acceptors (Lipinski definition) is 7. The summed E-state index contributed by atoms with van der Waals surface area (Å²) in [5.41, 5.74) is 4.24. The van der Waals surface area contributed by atoms with Gasteiger partial charge < -0.3 is 20.1 Å². The molecule has 0 heterocycles. The molecule has 3 aromatic rings. The van der Waals surface area contributed by atoms with Crippen LogP contribution in [0.2, 0.25) is 0 Å². The molecule has 8 nitrogen and oxygen atoms in total. The average Bonchev–Trinajstić information content (AvgIpc) is 2.76. The van der Waals surface area contributed by atoms with Crippen molar-refractivity contribution in [1.82, 2.24) is 5.43 Å². The molecular weight excluding hydrogens is 386 g/mol. The van der Waals surface area contributed by atoms with Gasteiger partial charge in [-0.05, 0) is 48.0 Å². The van der Waals surface area contributed by atoms with Crippen LogP contribution in [0.4, 0.5) is 0 Å². The van der Waals surface area contributed by atoms with Crippen LogP contribution in [0.5, 0.6) is 23.0 Å². The summed E-state index contributed by atoms with van der Waals surface area (Å²) in [6.07, 6.45) is 1.41. The topological polar surface area (TPSA) is 135 Å². The molecule has 0 radical (unpaired) electrons. The van der Waals surface area contributed by atoms with Crippen molar-refractivity contribution in [3.8, 4) is 29.1 Å². The van der Waals surface area contributed by atoms with Gasteiger partial charge in [-0.15, -0.1) is 0 Å². The van der Waals surface area contributed by atoms with E-state index in [2.05, 4.69) is 16.6 Å². The maximum absolute atomic E-state index is 12.0. The Morgan fingerprint density at radius 3 is 2.40 bits per heavy atom. The van der Waals surface area contributed by atoms with Crippen LogP contribution < -0.4 is 10.2 Å². The van der Waals surface area contributed by atoms with Gasteiger partial charge in [-0.3, -0.25) is 4.79 Å². The fraction of sp³-hybridized carbons (Fsp3) is 0.0455. The standard InChI is InChI=1S/C22H17N3O5/c23-11-15-3-1-2-4-16(15)13-30-18-7-5-14(6-8-18)12-24-25-22(29)17-9-19(26)21(28)20(27)10-17/h1-10,12,26-28H,13H2,(H,25,29)/b24-12+. The van der Waals surface area contributed by atoms with Crippen LogP contribution in [0, 0.1) is 11.3 Å². The second-order valence-electron chi connectivity index (χ2n) is 6.19. The maximum Gasteiger partial charge on any atom is 0.271 e. The summed E-state index contributed by atoms with van der Waals surface area (Å²) in [7, 11) is 0. The molecule has 0 fully saturated rings. The lowest BCUT2D eigenvalue weighted by Crippen LogP contribution is -2.17. The van der Waals surface area contributed by atoms with E-state index in [4.69, 9.17) is 10.00 Å². The summed E-state index contributed by atoms with van der Waals surface area (Å²) in [5.74, 6) is -1.99. The van der Waals surface area contributed by atoms with E-state index in [1.54, 1.807) is 36.4 Å². The van der Waals surface area contributed by atoms with Gasteiger partial charge in [0.25, 0.3) is 5.91 Å². The molecule has 0 aliphatic heterocycles. The first-order valence-electron chi connectivity index (χ1n) is 8.77. The Morgan fingerprint density at radius 2 is 1.73 bits per heavy atom. The number of phenols is 3. The molecule has 0 aliphatic carbocycles. The number of phenolic OH excluding ortho intramolecular Hbond substituents is 3. The van der Waals surface area contributed by atoms with Crippen LogP contribution >= 0.6 is 0 Å². The van der Waals surface area contributed by atoms with Crippen molar-refractivity contribution in [3.63, 3.8) is 0 Å². The van der Waals surface area contributed by atoms with E-state index in [-0.39, 0.29) is 12.2 Å². The Kier molecular flexibility index (Phi) is 6.15. The highest BCUT2D eigenvalue weighted by Gasteiger charge is 2.12. The van der Waals surface area contributed by atoms with Gasteiger partial charge >= 0.3 is 0 Å². The van der Waals surface area contributed by atoms with Crippen LogP contribution in [-0.2, 0) is 6.61 Å². The number of carbonyl (C=O) groups excluding carboxylic acids is 1. The quantitative estimate of drug-likeness (QED) is 0.284. The molecule has 0 aromatic heterocycles. The van der Waals surface area contributed by atoms with Gasteiger partial charge in [-0.25, -0.2) is 5.43 Å². The fourth-order valence-corrected chi connectivity index (χ4v) is 2.53. The Hall–Kier alpha value is -4.51. The number of nitrogens with one attached hydrogen (secondary N) is 1. The molecule has 0 saturated heterocycles. The Bertz CT molecular complexity index is 1110. The van der Waals surface area contributed by atoms with Crippen LogP contribution in [0.3, 0.4) is 0 Å². The zero-order chi connectivity index (χ0) is 21.5. The number of carbonyl (C=O) groups is 1. The van der Waals surface area contributed by atoms with Crippen LogP contribution in [0.1, 0.15) is 27.0 Å². The molecule has 150 valence electrons. The molecule has 3 aromatic carbocycles. The lowest BCUT2D eigenvalue weighted by molar-refractivity contribution is 0.0954. The van der Waals surface area contributed by atoms with Crippen LogP contribution in [0.15, 0.2) is 65.8 Å². The first kappa shape index (κ1) is 20.2. The molecule has 4 N–H and O–H groups in total. The molecule has 1 amide bonds. The molecule has 0 saturated carbocycles. The first-order chi connectivity index (χ1) is 14.5.